The Balaban J connectivity index is 1.75. The fourth-order valence-corrected chi connectivity index (χ4v) is 2.75. The number of methoxy groups -OCH3 is 1. The average molecular weight is 375 g/mol. The number of amides is 1. The van der Waals surface area contributed by atoms with Crippen LogP contribution in [0.25, 0.3) is 0 Å². The smallest absolute Gasteiger partial charge is 0.337 e. The zero-order valence-electron chi connectivity index (χ0n) is 15.8. The lowest BCUT2D eigenvalue weighted by Crippen LogP contribution is -2.14. The summed E-state index contributed by atoms with van der Waals surface area (Å²) in [5, 5.41) is 2.92. The van der Waals surface area contributed by atoms with E-state index in [0.717, 1.165) is 16.8 Å². The molecule has 142 valence electrons. The standard InChI is InChI=1S/C23H21NO4/c1-16-8-3-5-12-20(16)24-22(25)19-11-4-6-13-21(19)28-15-17-9-7-10-18(14-17)23(26)27-2/h3-14H,15H2,1-2H3,(H,24,25). The van der Waals surface area contributed by atoms with Gasteiger partial charge in [0.2, 0.25) is 0 Å². The molecular formula is C23H21NO4. The van der Waals surface area contributed by atoms with Crippen molar-refractivity contribution in [1.82, 2.24) is 0 Å². The summed E-state index contributed by atoms with van der Waals surface area (Å²) in [5.74, 6) is -0.176. The van der Waals surface area contributed by atoms with Gasteiger partial charge in [0.1, 0.15) is 12.4 Å². The first-order valence-corrected chi connectivity index (χ1v) is 8.84. The number of carbonyl (C=O) groups is 2. The number of para-hydroxylation sites is 2. The minimum atomic E-state index is -0.403. The Kier molecular flexibility index (Phi) is 6.07. The highest BCUT2D eigenvalue weighted by molar-refractivity contribution is 6.06. The molecule has 0 atom stereocenters. The van der Waals surface area contributed by atoms with Gasteiger partial charge < -0.3 is 14.8 Å². The van der Waals surface area contributed by atoms with Crippen molar-refractivity contribution in [1.29, 1.82) is 0 Å². The minimum absolute atomic E-state index is 0.222. The SMILES string of the molecule is COC(=O)c1cccc(COc2ccccc2C(=O)Nc2ccccc2C)c1. The molecule has 1 amide bonds. The van der Waals surface area contributed by atoms with Crippen LogP contribution in [0.15, 0.2) is 72.8 Å². The van der Waals surface area contributed by atoms with Crippen molar-refractivity contribution in [3.8, 4) is 5.75 Å². The van der Waals surface area contributed by atoms with Crippen LogP contribution in [-0.4, -0.2) is 19.0 Å². The predicted molar refractivity (Wildman–Crippen MR) is 108 cm³/mol. The third-order valence-corrected chi connectivity index (χ3v) is 4.27. The van der Waals surface area contributed by atoms with Crippen LogP contribution in [0.4, 0.5) is 5.69 Å². The zero-order valence-corrected chi connectivity index (χ0v) is 15.8. The fraction of sp³-hybridized carbons (Fsp3) is 0.130. The minimum Gasteiger partial charge on any atom is -0.488 e. The molecule has 0 heterocycles. The number of hydrogen-bond acceptors (Lipinski definition) is 4. The van der Waals surface area contributed by atoms with Crippen LogP contribution in [-0.2, 0) is 11.3 Å². The average Bonchev–Trinajstić information content (AvgIpc) is 2.73. The summed E-state index contributed by atoms with van der Waals surface area (Å²) in [6.07, 6.45) is 0. The van der Waals surface area contributed by atoms with E-state index in [1.807, 2.05) is 43.3 Å². The fourth-order valence-electron chi connectivity index (χ4n) is 2.75. The maximum absolute atomic E-state index is 12.7. The molecule has 5 heteroatoms. The molecule has 0 unspecified atom stereocenters. The van der Waals surface area contributed by atoms with E-state index < -0.39 is 5.97 Å². The van der Waals surface area contributed by atoms with Gasteiger partial charge in [0.15, 0.2) is 0 Å². The van der Waals surface area contributed by atoms with Gasteiger partial charge in [0, 0.05) is 5.69 Å². The number of hydrogen-bond donors (Lipinski definition) is 1. The Hall–Kier alpha value is -3.60. The van der Waals surface area contributed by atoms with E-state index in [9.17, 15) is 9.59 Å². The third kappa shape index (κ3) is 4.57. The molecule has 1 N–H and O–H groups in total. The normalized spacial score (nSPS) is 10.2. The molecule has 0 saturated carbocycles. The second-order valence-corrected chi connectivity index (χ2v) is 6.25. The van der Waals surface area contributed by atoms with Crippen molar-refractivity contribution >= 4 is 17.6 Å². The van der Waals surface area contributed by atoms with Gasteiger partial charge in [-0.15, -0.1) is 0 Å². The molecule has 0 saturated heterocycles. The summed E-state index contributed by atoms with van der Waals surface area (Å²) >= 11 is 0. The van der Waals surface area contributed by atoms with E-state index in [1.54, 1.807) is 36.4 Å². The number of aryl methyl sites for hydroxylation is 1. The van der Waals surface area contributed by atoms with Crippen LogP contribution in [0.5, 0.6) is 5.75 Å². The van der Waals surface area contributed by atoms with E-state index in [4.69, 9.17) is 9.47 Å². The van der Waals surface area contributed by atoms with Crippen LogP contribution >= 0.6 is 0 Å². The number of esters is 1. The lowest BCUT2D eigenvalue weighted by molar-refractivity contribution is 0.0600. The van der Waals surface area contributed by atoms with Gasteiger partial charge in [-0.3, -0.25) is 4.79 Å². The van der Waals surface area contributed by atoms with Gasteiger partial charge in [-0.1, -0.05) is 42.5 Å². The quantitative estimate of drug-likeness (QED) is 0.639. The molecule has 0 aromatic heterocycles. The van der Waals surface area contributed by atoms with Gasteiger partial charge in [0.05, 0.1) is 18.2 Å². The third-order valence-electron chi connectivity index (χ3n) is 4.27. The molecule has 0 radical (unpaired) electrons. The van der Waals surface area contributed by atoms with Crippen molar-refractivity contribution in [2.45, 2.75) is 13.5 Å². The molecule has 0 aliphatic rings. The highest BCUT2D eigenvalue weighted by Crippen LogP contribution is 2.22. The first-order chi connectivity index (χ1) is 13.6. The van der Waals surface area contributed by atoms with Crippen LogP contribution in [0.3, 0.4) is 0 Å². The van der Waals surface area contributed by atoms with Gasteiger partial charge in [-0.2, -0.15) is 0 Å². The molecule has 0 aliphatic heterocycles. The zero-order chi connectivity index (χ0) is 19.9. The molecule has 0 aliphatic carbocycles. The van der Waals surface area contributed by atoms with Crippen molar-refractivity contribution in [3.63, 3.8) is 0 Å². The number of anilines is 1. The van der Waals surface area contributed by atoms with Crippen LogP contribution < -0.4 is 10.1 Å². The Bertz CT molecular complexity index is 997. The van der Waals surface area contributed by atoms with E-state index in [1.165, 1.54) is 7.11 Å². The summed E-state index contributed by atoms with van der Waals surface area (Å²) in [4.78, 5) is 24.4. The van der Waals surface area contributed by atoms with E-state index in [0.29, 0.717) is 16.9 Å². The predicted octanol–water partition coefficient (Wildman–Crippen LogP) is 4.61. The van der Waals surface area contributed by atoms with Crippen molar-refractivity contribution in [2.75, 3.05) is 12.4 Å². The summed E-state index contributed by atoms with van der Waals surface area (Å²) in [6, 6.07) is 21.7. The monoisotopic (exact) mass is 375 g/mol. The van der Waals surface area contributed by atoms with Crippen molar-refractivity contribution in [2.24, 2.45) is 0 Å². The van der Waals surface area contributed by atoms with Gasteiger partial charge in [-0.05, 0) is 48.4 Å². The summed E-state index contributed by atoms with van der Waals surface area (Å²) in [5.41, 5.74) is 3.43. The Morgan fingerprint density at radius 3 is 2.46 bits per heavy atom. The van der Waals surface area contributed by atoms with Crippen LogP contribution in [0.1, 0.15) is 31.8 Å². The maximum atomic E-state index is 12.7. The lowest BCUT2D eigenvalue weighted by Gasteiger charge is -2.13. The second kappa shape index (κ2) is 8.86. The number of ether oxygens (including phenoxy) is 2. The second-order valence-electron chi connectivity index (χ2n) is 6.25. The van der Waals surface area contributed by atoms with Crippen molar-refractivity contribution in [3.05, 3.63) is 95.1 Å². The number of nitrogens with one attached hydrogen (secondary N) is 1. The largest absolute Gasteiger partial charge is 0.488 e. The number of carbonyl (C=O) groups excluding carboxylic acids is 2. The summed E-state index contributed by atoms with van der Waals surface area (Å²) in [7, 11) is 1.34. The highest BCUT2D eigenvalue weighted by Gasteiger charge is 2.14. The van der Waals surface area contributed by atoms with Gasteiger partial charge in [-0.25, -0.2) is 4.79 Å². The van der Waals surface area contributed by atoms with Gasteiger partial charge >= 0.3 is 5.97 Å². The summed E-state index contributed by atoms with van der Waals surface area (Å²) in [6.45, 7) is 2.16. The Morgan fingerprint density at radius 2 is 1.68 bits per heavy atom. The highest BCUT2D eigenvalue weighted by atomic mass is 16.5. The lowest BCUT2D eigenvalue weighted by atomic mass is 10.1. The molecule has 0 spiro atoms. The topological polar surface area (TPSA) is 64.6 Å². The number of rotatable bonds is 6. The molecule has 0 fully saturated rings. The van der Waals surface area contributed by atoms with E-state index in [-0.39, 0.29) is 12.5 Å². The maximum Gasteiger partial charge on any atom is 0.337 e. The van der Waals surface area contributed by atoms with Crippen molar-refractivity contribution < 1.29 is 19.1 Å². The van der Waals surface area contributed by atoms with E-state index >= 15 is 0 Å². The number of benzene rings is 3. The Labute approximate surface area is 163 Å². The molecule has 28 heavy (non-hydrogen) atoms. The molecule has 5 nitrogen and oxygen atoms in total. The molecule has 3 aromatic carbocycles. The molecule has 3 rings (SSSR count). The molecular weight excluding hydrogens is 354 g/mol. The summed E-state index contributed by atoms with van der Waals surface area (Å²) < 4.78 is 10.6. The van der Waals surface area contributed by atoms with Gasteiger partial charge in [0.25, 0.3) is 5.91 Å². The first kappa shape index (κ1) is 19.2. The Morgan fingerprint density at radius 1 is 0.929 bits per heavy atom. The first-order valence-electron chi connectivity index (χ1n) is 8.84. The molecule has 3 aromatic rings. The molecule has 0 bridgehead atoms. The van der Waals surface area contributed by atoms with Crippen LogP contribution in [0.2, 0.25) is 0 Å². The van der Waals surface area contributed by atoms with Crippen LogP contribution in [0, 0.1) is 6.92 Å². The van der Waals surface area contributed by atoms with E-state index in [2.05, 4.69) is 5.32 Å².